The standard InChI is InChI=1S/C47H33N3/c1-5-14-32(15-6-1)41-30-43(34-16-7-2-8-17-34)48-42-29-28-39-38(22-13-23-40(39)46(41)42)33-24-26-37(27-25-33)47-49-44(35-18-9-3-10-19-35)31-45(50-47)36-20-11-4-12-21-36/h1,3-7,9-31H,2,8H2. The number of nitrogens with zero attached hydrogens (tertiary/aromatic N) is 3. The molecular weight excluding hydrogens is 607 g/mol. The van der Waals surface area contributed by atoms with Gasteiger partial charge in [-0.3, -0.25) is 0 Å². The summed E-state index contributed by atoms with van der Waals surface area (Å²) in [6, 6.07) is 55.4. The number of aromatic nitrogens is 3. The lowest BCUT2D eigenvalue weighted by atomic mass is 9.91. The summed E-state index contributed by atoms with van der Waals surface area (Å²) in [5.74, 6) is 0.706. The summed E-state index contributed by atoms with van der Waals surface area (Å²) in [6.45, 7) is 0. The van der Waals surface area contributed by atoms with Crippen LogP contribution in [0.3, 0.4) is 0 Å². The van der Waals surface area contributed by atoms with Crippen LogP contribution < -0.4 is 0 Å². The van der Waals surface area contributed by atoms with Gasteiger partial charge in [0, 0.05) is 22.1 Å². The minimum Gasteiger partial charge on any atom is -0.248 e. The highest BCUT2D eigenvalue weighted by atomic mass is 14.9. The van der Waals surface area contributed by atoms with E-state index in [4.69, 9.17) is 15.0 Å². The van der Waals surface area contributed by atoms with Gasteiger partial charge in [-0.05, 0) is 69.6 Å². The molecular formula is C47H33N3. The first-order chi connectivity index (χ1) is 24.8. The SMILES string of the molecule is C1=CC(c2cc(-c3ccccc3)c3c(ccc4c(-c5ccc(-c6nc(-c7ccccc7)cc(-c7ccccc7)n6)cc5)cccc43)n2)=CCC1. The number of rotatable bonds is 6. The maximum atomic E-state index is 5.21. The van der Waals surface area contributed by atoms with Crippen molar-refractivity contribution in [3.8, 4) is 56.2 Å². The second-order valence-electron chi connectivity index (χ2n) is 12.7. The predicted octanol–water partition coefficient (Wildman–Crippen LogP) is 12.2. The molecule has 2 heterocycles. The van der Waals surface area contributed by atoms with Crippen molar-refractivity contribution in [2.75, 3.05) is 0 Å². The molecule has 0 spiro atoms. The molecule has 1 aliphatic rings. The zero-order chi connectivity index (χ0) is 33.3. The van der Waals surface area contributed by atoms with E-state index in [0.29, 0.717) is 5.82 Å². The third-order valence-corrected chi connectivity index (χ3v) is 9.53. The van der Waals surface area contributed by atoms with Crippen LogP contribution in [0.25, 0.3) is 83.4 Å². The van der Waals surface area contributed by atoms with Gasteiger partial charge in [-0.1, -0.05) is 158 Å². The maximum Gasteiger partial charge on any atom is 0.160 e. The number of pyridine rings is 1. The monoisotopic (exact) mass is 639 g/mol. The molecule has 0 bridgehead atoms. The Bertz CT molecular complexity index is 2490. The molecule has 236 valence electrons. The summed E-state index contributed by atoms with van der Waals surface area (Å²) in [7, 11) is 0. The molecule has 0 radical (unpaired) electrons. The zero-order valence-electron chi connectivity index (χ0n) is 27.5. The van der Waals surface area contributed by atoms with Crippen molar-refractivity contribution in [1.82, 2.24) is 15.0 Å². The van der Waals surface area contributed by atoms with Crippen molar-refractivity contribution in [3.63, 3.8) is 0 Å². The summed E-state index contributed by atoms with van der Waals surface area (Å²) in [4.78, 5) is 15.3. The molecule has 0 unspecified atom stereocenters. The maximum absolute atomic E-state index is 5.21. The summed E-state index contributed by atoms with van der Waals surface area (Å²) in [5.41, 5.74) is 12.9. The average Bonchev–Trinajstić information content (AvgIpc) is 3.21. The Morgan fingerprint density at radius 1 is 0.400 bits per heavy atom. The van der Waals surface area contributed by atoms with E-state index in [1.807, 2.05) is 36.4 Å². The molecule has 0 amide bonds. The number of hydrogen-bond donors (Lipinski definition) is 0. The molecule has 6 aromatic carbocycles. The Morgan fingerprint density at radius 2 is 1.02 bits per heavy atom. The van der Waals surface area contributed by atoms with Gasteiger partial charge in [0.2, 0.25) is 0 Å². The van der Waals surface area contributed by atoms with Gasteiger partial charge < -0.3 is 0 Å². The Morgan fingerprint density at radius 3 is 1.66 bits per heavy atom. The molecule has 8 aromatic rings. The average molecular weight is 640 g/mol. The third-order valence-electron chi connectivity index (χ3n) is 9.53. The number of fused-ring (bicyclic) bond motifs is 3. The first-order valence-corrected chi connectivity index (χ1v) is 17.2. The fourth-order valence-corrected chi connectivity index (χ4v) is 7.03. The molecule has 2 aromatic heterocycles. The van der Waals surface area contributed by atoms with Crippen LogP contribution in [-0.4, -0.2) is 15.0 Å². The minimum atomic E-state index is 0.706. The topological polar surface area (TPSA) is 38.7 Å². The van der Waals surface area contributed by atoms with E-state index in [2.05, 4.69) is 140 Å². The molecule has 0 saturated carbocycles. The normalized spacial score (nSPS) is 12.7. The molecule has 1 aliphatic carbocycles. The van der Waals surface area contributed by atoms with Gasteiger partial charge in [-0.15, -0.1) is 0 Å². The molecule has 0 aliphatic heterocycles. The Kier molecular flexibility index (Phi) is 7.64. The molecule has 50 heavy (non-hydrogen) atoms. The molecule has 3 nitrogen and oxygen atoms in total. The van der Waals surface area contributed by atoms with Gasteiger partial charge >= 0.3 is 0 Å². The summed E-state index contributed by atoms with van der Waals surface area (Å²) in [6.07, 6.45) is 8.89. The van der Waals surface area contributed by atoms with Crippen molar-refractivity contribution in [1.29, 1.82) is 0 Å². The van der Waals surface area contributed by atoms with E-state index in [1.54, 1.807) is 0 Å². The van der Waals surface area contributed by atoms with Crippen LogP contribution in [0.5, 0.6) is 0 Å². The van der Waals surface area contributed by atoms with Crippen LogP contribution in [0.2, 0.25) is 0 Å². The molecule has 0 saturated heterocycles. The fraction of sp³-hybridized carbons (Fsp3) is 0.0426. The van der Waals surface area contributed by atoms with Crippen molar-refractivity contribution in [3.05, 3.63) is 182 Å². The Balaban J connectivity index is 1.16. The number of hydrogen-bond acceptors (Lipinski definition) is 3. The first-order valence-electron chi connectivity index (χ1n) is 17.2. The van der Waals surface area contributed by atoms with Crippen LogP contribution in [-0.2, 0) is 0 Å². The lowest BCUT2D eigenvalue weighted by molar-refractivity contribution is 1.04. The smallest absolute Gasteiger partial charge is 0.160 e. The van der Waals surface area contributed by atoms with E-state index in [-0.39, 0.29) is 0 Å². The van der Waals surface area contributed by atoms with Crippen molar-refractivity contribution in [2.24, 2.45) is 0 Å². The van der Waals surface area contributed by atoms with Gasteiger partial charge in [0.25, 0.3) is 0 Å². The van der Waals surface area contributed by atoms with E-state index in [9.17, 15) is 0 Å². The predicted molar refractivity (Wildman–Crippen MR) is 208 cm³/mol. The van der Waals surface area contributed by atoms with Gasteiger partial charge in [0.05, 0.1) is 22.6 Å². The highest BCUT2D eigenvalue weighted by molar-refractivity contribution is 6.16. The van der Waals surface area contributed by atoms with Gasteiger partial charge in [0.15, 0.2) is 5.82 Å². The lowest BCUT2D eigenvalue weighted by Gasteiger charge is -2.16. The Labute approximate surface area is 292 Å². The first kappa shape index (κ1) is 29.7. The number of benzene rings is 6. The third kappa shape index (κ3) is 5.59. The molecule has 0 fully saturated rings. The summed E-state index contributed by atoms with van der Waals surface area (Å²) >= 11 is 0. The van der Waals surface area contributed by atoms with E-state index in [1.165, 1.54) is 38.4 Å². The highest BCUT2D eigenvalue weighted by Crippen LogP contribution is 2.39. The van der Waals surface area contributed by atoms with Crippen LogP contribution in [0.1, 0.15) is 18.5 Å². The zero-order valence-corrected chi connectivity index (χ0v) is 27.5. The van der Waals surface area contributed by atoms with Crippen molar-refractivity contribution < 1.29 is 0 Å². The van der Waals surface area contributed by atoms with E-state index >= 15 is 0 Å². The Hall–Kier alpha value is -6.45. The van der Waals surface area contributed by atoms with Gasteiger partial charge in [-0.25, -0.2) is 15.0 Å². The number of allylic oxidation sites excluding steroid dienone is 4. The van der Waals surface area contributed by atoms with Crippen LogP contribution in [0.4, 0.5) is 0 Å². The van der Waals surface area contributed by atoms with E-state index in [0.717, 1.165) is 57.7 Å². The lowest BCUT2D eigenvalue weighted by Crippen LogP contribution is -1.96. The van der Waals surface area contributed by atoms with E-state index < -0.39 is 0 Å². The molecule has 9 rings (SSSR count). The highest BCUT2D eigenvalue weighted by Gasteiger charge is 2.16. The van der Waals surface area contributed by atoms with Crippen molar-refractivity contribution >= 4 is 27.2 Å². The molecule has 0 N–H and O–H groups in total. The van der Waals surface area contributed by atoms with Crippen LogP contribution >= 0.6 is 0 Å². The second kappa shape index (κ2) is 12.9. The largest absolute Gasteiger partial charge is 0.248 e. The summed E-state index contributed by atoms with van der Waals surface area (Å²) in [5, 5.41) is 3.57. The minimum absolute atomic E-state index is 0.706. The molecule has 3 heteroatoms. The molecule has 0 atom stereocenters. The summed E-state index contributed by atoms with van der Waals surface area (Å²) < 4.78 is 0. The van der Waals surface area contributed by atoms with Gasteiger partial charge in [0.1, 0.15) is 0 Å². The van der Waals surface area contributed by atoms with Crippen LogP contribution in [0.15, 0.2) is 176 Å². The van der Waals surface area contributed by atoms with Gasteiger partial charge in [-0.2, -0.15) is 0 Å². The quantitative estimate of drug-likeness (QED) is 0.170. The fourth-order valence-electron chi connectivity index (χ4n) is 7.03. The second-order valence-corrected chi connectivity index (χ2v) is 12.7. The van der Waals surface area contributed by atoms with Crippen molar-refractivity contribution in [2.45, 2.75) is 12.8 Å². The van der Waals surface area contributed by atoms with Crippen LogP contribution in [0, 0.1) is 0 Å².